The number of benzene rings is 5. The van der Waals surface area contributed by atoms with Crippen molar-refractivity contribution in [1.82, 2.24) is 48.8 Å². The van der Waals surface area contributed by atoms with Crippen LogP contribution in [0, 0.1) is 28.4 Å². The standard InChI is InChI=1S/C39H52FN5O5.C35H45FN4O3.C11H9NO2/c1-27(42(8)37(49)50-39(5,6)7)34(46)41-33(38(2,3)4)36(48)45-22-12-15-32(45)26-44(23-20-28-16-18-30(40)19-17-28)35(47)29-21-24-43(25-29)31-13-10-9-11-14-31;1-6-25(2)32(41)37-31(35(3,4)5)34(43)40-20-10-13-30(40)24-39(21-18-26-14-16-28(36)17-15-26)33(42)27-19-22-38(23-27)29-11-8-7-9-12-29;13-11(14)9-6-7-12(8-9)10-4-2-1-3-5-10/h9-11,13-14,16-19,21,24-25,27,32-33H,12,15,20,22-23,26H2,1-8H3,(H,41,46);7-9,11-12,14-17,19,22-23,25,30-31H,6,10,13,18,20-21,24H2,1-5H3,(H,37,41);1-8H,(H,13,14)/t27-,32-,33+;25-,30+,31-;/m01./s1. The van der Waals surface area contributed by atoms with Crippen LogP contribution in [-0.4, -0.2) is 173 Å². The van der Waals surface area contributed by atoms with Crippen molar-refractivity contribution in [1.29, 1.82) is 0 Å². The van der Waals surface area contributed by atoms with Gasteiger partial charge in [-0.25, -0.2) is 18.4 Å². The van der Waals surface area contributed by atoms with Crippen LogP contribution >= 0.6 is 0 Å². The second-order valence-electron chi connectivity index (χ2n) is 30.8. The molecule has 3 aromatic heterocycles. The van der Waals surface area contributed by atoms with Crippen molar-refractivity contribution < 1.29 is 57.0 Å². The van der Waals surface area contributed by atoms with Gasteiger partial charge in [-0.1, -0.05) is 134 Å². The first kappa shape index (κ1) is 82.0. The summed E-state index contributed by atoms with van der Waals surface area (Å²) in [4.78, 5) is 114. The van der Waals surface area contributed by atoms with E-state index in [1.807, 2.05) is 190 Å². The van der Waals surface area contributed by atoms with Crippen molar-refractivity contribution >= 4 is 47.5 Å². The summed E-state index contributed by atoms with van der Waals surface area (Å²) in [5.41, 5.74) is 4.20. The summed E-state index contributed by atoms with van der Waals surface area (Å²) in [6, 6.07) is 44.0. The number of amides is 7. The lowest BCUT2D eigenvalue weighted by atomic mass is 9.85. The topological polar surface area (TPSA) is 221 Å². The summed E-state index contributed by atoms with van der Waals surface area (Å²) in [7, 11) is 1.49. The number of ether oxygens (including phenoxy) is 1. The second-order valence-corrected chi connectivity index (χ2v) is 30.8. The van der Waals surface area contributed by atoms with Gasteiger partial charge >= 0.3 is 12.1 Å². The van der Waals surface area contributed by atoms with E-state index in [0.29, 0.717) is 81.6 Å². The molecule has 0 aliphatic carbocycles. The Morgan fingerprint density at radius 3 is 1.21 bits per heavy atom. The smallest absolute Gasteiger partial charge is 0.410 e. The van der Waals surface area contributed by atoms with E-state index < -0.39 is 52.5 Å². The molecule has 20 nitrogen and oxygen atoms in total. The van der Waals surface area contributed by atoms with E-state index in [2.05, 4.69) is 10.6 Å². The fourth-order valence-electron chi connectivity index (χ4n) is 12.8. The Kier molecular flexibility index (Phi) is 28.4. The number of aromatic carboxylic acids is 1. The Morgan fingerprint density at radius 2 is 0.869 bits per heavy atom. The normalized spacial score (nSPS) is 15.4. The lowest BCUT2D eigenvalue weighted by molar-refractivity contribution is -0.141. The molecule has 6 atom stereocenters. The maximum Gasteiger partial charge on any atom is 0.410 e. The highest BCUT2D eigenvalue weighted by molar-refractivity contribution is 5.96. The van der Waals surface area contributed by atoms with Gasteiger partial charge < -0.3 is 53.8 Å². The number of likely N-dealkylation sites (tertiary alicyclic amines) is 2. The van der Waals surface area contributed by atoms with E-state index in [4.69, 9.17) is 9.84 Å². The molecule has 0 saturated carbocycles. The number of halogens is 2. The molecule has 5 aromatic carbocycles. The number of nitrogens with one attached hydrogen (secondary N) is 2. The highest BCUT2D eigenvalue weighted by Gasteiger charge is 2.43. The number of carboxylic acids is 1. The quantitative estimate of drug-likeness (QED) is 0.0519. The van der Waals surface area contributed by atoms with Crippen LogP contribution in [0.3, 0.4) is 0 Å². The highest BCUT2D eigenvalue weighted by atomic mass is 19.1. The summed E-state index contributed by atoms with van der Waals surface area (Å²) in [6.07, 6.45) is 14.9. The third kappa shape index (κ3) is 23.2. The molecular formula is C85H106F2N10O10. The Labute approximate surface area is 628 Å². The molecular weight excluding hydrogens is 1360 g/mol. The molecule has 0 bridgehead atoms. The fourth-order valence-corrected chi connectivity index (χ4v) is 12.8. The highest BCUT2D eigenvalue weighted by Crippen LogP contribution is 2.30. The Morgan fingerprint density at radius 1 is 0.514 bits per heavy atom. The van der Waals surface area contributed by atoms with Crippen LogP contribution in [0.15, 0.2) is 195 Å². The number of carboxylic acid groups (broad SMARTS) is 1. The summed E-state index contributed by atoms with van der Waals surface area (Å²) in [6.45, 7) is 24.8. The van der Waals surface area contributed by atoms with Crippen LogP contribution in [0.2, 0.25) is 0 Å². The summed E-state index contributed by atoms with van der Waals surface area (Å²) in [5, 5.41) is 14.7. The second kappa shape index (κ2) is 37.1. The van der Waals surface area contributed by atoms with E-state index in [-0.39, 0.29) is 59.2 Å². The van der Waals surface area contributed by atoms with Crippen molar-refractivity contribution in [3.05, 3.63) is 234 Å². The number of hydrogen-bond acceptors (Lipinski definition) is 9. The van der Waals surface area contributed by atoms with Crippen molar-refractivity contribution in [2.45, 2.75) is 164 Å². The molecule has 5 heterocycles. The molecule has 7 amide bonds. The van der Waals surface area contributed by atoms with E-state index in [1.54, 1.807) is 97.1 Å². The molecule has 2 aliphatic rings. The molecule has 2 aliphatic heterocycles. The first-order valence-corrected chi connectivity index (χ1v) is 36.9. The fraction of sp³-hybridized carbons (Fsp3) is 0.412. The maximum atomic E-state index is 14.3. The van der Waals surface area contributed by atoms with Gasteiger partial charge in [-0.2, -0.15) is 0 Å². The number of likely N-dealkylation sites (N-methyl/N-ethyl adjacent to an activating group) is 1. The molecule has 0 radical (unpaired) electrons. The van der Waals surface area contributed by atoms with Crippen LogP contribution in [0.4, 0.5) is 13.6 Å². The minimum atomic E-state index is -0.903. The molecule has 570 valence electrons. The van der Waals surface area contributed by atoms with Gasteiger partial charge in [0.2, 0.25) is 23.6 Å². The molecule has 0 spiro atoms. The SMILES string of the molecule is CC[C@@H](C)C(=O)N[C@H](C(=O)N1CCC[C@H]1CN(CCc1ccc(F)cc1)C(=O)c1ccn(-c2ccccc2)c1)C(C)(C)C.C[C@@H](C(=O)N[C@H](C(=O)N1CCC[C@H]1CN(CCc1ccc(F)cc1)C(=O)c1ccn(-c2ccccc2)c1)C(C)(C)C)N(C)C(=O)OC(C)(C)C.O=C(O)c1ccn(-c2ccccc2)c1. The monoisotopic (exact) mass is 1460 g/mol. The summed E-state index contributed by atoms with van der Waals surface area (Å²) < 4.78 is 38.2. The molecule has 0 unspecified atom stereocenters. The zero-order valence-electron chi connectivity index (χ0n) is 64.1. The van der Waals surface area contributed by atoms with E-state index in [0.717, 1.165) is 47.5 Å². The van der Waals surface area contributed by atoms with Crippen molar-refractivity contribution in [2.24, 2.45) is 16.7 Å². The Balaban J connectivity index is 0.000000229. The molecule has 10 rings (SSSR count). The third-order valence-electron chi connectivity index (χ3n) is 19.4. The van der Waals surface area contributed by atoms with Gasteiger partial charge in [0, 0.05) is 119 Å². The average Bonchev–Trinajstić information content (AvgIpc) is 1.74. The van der Waals surface area contributed by atoms with Gasteiger partial charge in [0.25, 0.3) is 11.8 Å². The predicted molar refractivity (Wildman–Crippen MR) is 411 cm³/mol. The number of aromatic nitrogens is 3. The van der Waals surface area contributed by atoms with Crippen LogP contribution < -0.4 is 10.6 Å². The molecule has 2 saturated heterocycles. The van der Waals surface area contributed by atoms with Crippen LogP contribution in [0.1, 0.15) is 157 Å². The van der Waals surface area contributed by atoms with E-state index in [9.17, 15) is 47.1 Å². The van der Waals surface area contributed by atoms with Crippen molar-refractivity contribution in [3.63, 3.8) is 0 Å². The number of carbonyl (C=O) groups excluding carboxylic acids is 7. The van der Waals surface area contributed by atoms with E-state index in [1.165, 1.54) is 36.2 Å². The molecule has 107 heavy (non-hydrogen) atoms. The van der Waals surface area contributed by atoms with Gasteiger partial charge in [-0.15, -0.1) is 0 Å². The largest absolute Gasteiger partial charge is 0.478 e. The van der Waals surface area contributed by atoms with Crippen molar-refractivity contribution in [3.8, 4) is 17.1 Å². The Bertz CT molecular complexity index is 4250. The molecule has 8 aromatic rings. The predicted octanol–water partition coefficient (Wildman–Crippen LogP) is 14.1. The maximum absolute atomic E-state index is 14.3. The molecule has 22 heteroatoms. The Hall–Kier alpha value is -10.6. The summed E-state index contributed by atoms with van der Waals surface area (Å²) in [5.74, 6) is -2.92. The van der Waals surface area contributed by atoms with Crippen molar-refractivity contribution in [2.75, 3.05) is 46.3 Å². The molecule has 3 N–H and O–H groups in total. The summed E-state index contributed by atoms with van der Waals surface area (Å²) >= 11 is 0. The first-order chi connectivity index (χ1) is 50.7. The van der Waals surface area contributed by atoms with E-state index >= 15 is 0 Å². The van der Waals surface area contributed by atoms with Gasteiger partial charge in [0.05, 0.1) is 16.7 Å². The lowest BCUT2D eigenvalue weighted by Crippen LogP contribution is -2.59. The number of hydrogen-bond donors (Lipinski definition) is 3. The van der Waals surface area contributed by atoms with Crippen LogP contribution in [0.25, 0.3) is 17.1 Å². The molecule has 2 fully saturated rings. The lowest BCUT2D eigenvalue weighted by Gasteiger charge is -2.38. The van der Waals surface area contributed by atoms with Gasteiger partial charge in [0.15, 0.2) is 0 Å². The zero-order valence-corrected chi connectivity index (χ0v) is 64.1. The van der Waals surface area contributed by atoms with Gasteiger partial charge in [0.1, 0.15) is 35.4 Å². The first-order valence-electron chi connectivity index (χ1n) is 36.9. The number of carbonyl (C=O) groups is 8. The van der Waals surface area contributed by atoms with Gasteiger partial charge in [-0.05, 0) is 173 Å². The van der Waals surface area contributed by atoms with Crippen LogP contribution in [-0.2, 0) is 36.8 Å². The number of nitrogens with zero attached hydrogens (tertiary/aromatic N) is 8. The number of para-hydroxylation sites is 3. The van der Waals surface area contributed by atoms with Crippen LogP contribution in [0.5, 0.6) is 0 Å². The van der Waals surface area contributed by atoms with Gasteiger partial charge in [-0.3, -0.25) is 33.7 Å². The average molecular weight is 1470 g/mol. The zero-order chi connectivity index (χ0) is 77.9. The third-order valence-corrected chi connectivity index (χ3v) is 19.4. The number of rotatable bonds is 24. The minimum absolute atomic E-state index is 0.104. The minimum Gasteiger partial charge on any atom is -0.478 e.